The Bertz CT molecular complexity index is 733. The summed E-state index contributed by atoms with van der Waals surface area (Å²) >= 11 is 0. The second-order valence-corrected chi connectivity index (χ2v) is 3.97. The summed E-state index contributed by atoms with van der Waals surface area (Å²) in [5, 5.41) is 9.88. The van der Waals surface area contributed by atoms with Crippen molar-refractivity contribution in [1.29, 1.82) is 0 Å². The fourth-order valence-electron chi connectivity index (χ4n) is 1.69. The maximum absolute atomic E-state index is 12.4. The molecule has 0 atom stereocenters. The van der Waals surface area contributed by atoms with Gasteiger partial charge in [0.15, 0.2) is 17.3 Å². The summed E-state index contributed by atoms with van der Waals surface area (Å²) in [6.45, 7) is 0.0426. The molecule has 104 valence electrons. The van der Waals surface area contributed by atoms with Gasteiger partial charge in [-0.3, -0.25) is 0 Å². The molecule has 0 fully saturated rings. The van der Waals surface area contributed by atoms with Gasteiger partial charge in [0, 0.05) is 18.5 Å². The Hall–Kier alpha value is -2.58. The average Bonchev–Trinajstić information content (AvgIpc) is 3.04. The lowest BCUT2D eigenvalue weighted by molar-refractivity contribution is -0.142. The van der Waals surface area contributed by atoms with Gasteiger partial charge in [0.2, 0.25) is 0 Å². The summed E-state index contributed by atoms with van der Waals surface area (Å²) in [7, 11) is 0. The van der Waals surface area contributed by atoms with E-state index in [0.717, 1.165) is 6.07 Å². The number of fused-ring (bicyclic) bond motifs is 1. The van der Waals surface area contributed by atoms with Crippen molar-refractivity contribution in [2.24, 2.45) is 0 Å². The molecule has 3 rings (SSSR count). The van der Waals surface area contributed by atoms with E-state index in [1.165, 1.54) is 6.20 Å². The van der Waals surface area contributed by atoms with Gasteiger partial charge in [0.25, 0.3) is 0 Å². The summed E-state index contributed by atoms with van der Waals surface area (Å²) < 4.78 is 43.3. The molecule has 0 radical (unpaired) electrons. The van der Waals surface area contributed by atoms with E-state index >= 15 is 0 Å². The predicted molar refractivity (Wildman–Crippen MR) is 61.8 cm³/mol. The fraction of sp³-hybridized carbons (Fsp3) is 0.182. The molecule has 6 nitrogen and oxygen atoms in total. The molecule has 20 heavy (non-hydrogen) atoms. The molecule has 0 bridgehead atoms. The molecule has 0 aliphatic carbocycles. The first-order valence-electron chi connectivity index (χ1n) is 5.59. The van der Waals surface area contributed by atoms with Crippen LogP contribution in [0.4, 0.5) is 19.0 Å². The number of rotatable bonds is 3. The molecule has 0 aliphatic rings. The van der Waals surface area contributed by atoms with Crippen LogP contribution in [0.25, 0.3) is 5.52 Å². The maximum Gasteiger partial charge on any atom is 0.436 e. The van der Waals surface area contributed by atoms with Gasteiger partial charge in [-0.05, 0) is 6.07 Å². The van der Waals surface area contributed by atoms with Crippen molar-refractivity contribution in [3.63, 3.8) is 0 Å². The summed E-state index contributed by atoms with van der Waals surface area (Å²) in [6, 6.07) is 2.58. The highest BCUT2D eigenvalue weighted by Crippen LogP contribution is 2.28. The smallest absolute Gasteiger partial charge is 0.361 e. The molecule has 9 heteroatoms. The van der Waals surface area contributed by atoms with Gasteiger partial charge in [0.05, 0.1) is 12.7 Å². The second kappa shape index (κ2) is 4.51. The van der Waals surface area contributed by atoms with E-state index in [1.807, 2.05) is 0 Å². The Morgan fingerprint density at radius 2 is 2.15 bits per heavy atom. The van der Waals surface area contributed by atoms with Gasteiger partial charge in [0.1, 0.15) is 5.52 Å². The number of halogens is 3. The Morgan fingerprint density at radius 3 is 2.90 bits per heavy atom. The summed E-state index contributed by atoms with van der Waals surface area (Å²) in [5.74, 6) is 0.565. The maximum atomic E-state index is 12.4. The third-order valence-corrected chi connectivity index (χ3v) is 2.60. The number of anilines is 1. The first-order chi connectivity index (χ1) is 9.54. The van der Waals surface area contributed by atoms with Crippen molar-refractivity contribution < 1.29 is 17.7 Å². The van der Waals surface area contributed by atoms with Gasteiger partial charge in [-0.1, -0.05) is 5.16 Å². The monoisotopic (exact) mass is 283 g/mol. The van der Waals surface area contributed by atoms with Crippen LogP contribution in [0, 0.1) is 0 Å². The van der Waals surface area contributed by atoms with E-state index in [0.29, 0.717) is 11.3 Å². The molecule has 0 spiro atoms. The lowest BCUT2D eigenvalue weighted by Gasteiger charge is -2.04. The van der Waals surface area contributed by atoms with Crippen molar-refractivity contribution in [3.05, 3.63) is 42.2 Å². The zero-order chi connectivity index (χ0) is 14.2. The standard InChI is InChI=1S/C11H8F3N5O/c12-11(13,14)9-5-7(20-18-9)6-16-10-8-1-2-17-19(8)4-3-15-10/h1-5H,6H2,(H,15,16). The summed E-state index contributed by atoms with van der Waals surface area (Å²) in [4.78, 5) is 4.09. The molecule has 0 saturated carbocycles. The van der Waals surface area contributed by atoms with Crippen molar-refractivity contribution >= 4 is 11.3 Å². The first kappa shape index (κ1) is 12.5. The first-order valence-corrected chi connectivity index (χ1v) is 5.59. The van der Waals surface area contributed by atoms with E-state index in [-0.39, 0.29) is 12.3 Å². The number of aromatic nitrogens is 4. The lowest BCUT2D eigenvalue weighted by Crippen LogP contribution is -2.05. The van der Waals surface area contributed by atoms with Gasteiger partial charge in [-0.15, -0.1) is 0 Å². The molecular weight excluding hydrogens is 275 g/mol. The Balaban J connectivity index is 1.76. The van der Waals surface area contributed by atoms with Crippen LogP contribution in [0.2, 0.25) is 0 Å². The molecule has 3 aromatic heterocycles. The van der Waals surface area contributed by atoms with Crippen LogP contribution in [0.15, 0.2) is 35.2 Å². The Morgan fingerprint density at radius 1 is 1.30 bits per heavy atom. The van der Waals surface area contributed by atoms with E-state index < -0.39 is 11.9 Å². The van der Waals surface area contributed by atoms with Crippen molar-refractivity contribution in [3.8, 4) is 0 Å². The predicted octanol–water partition coefficient (Wildman–Crippen LogP) is 2.35. The normalized spacial score (nSPS) is 11.9. The third kappa shape index (κ3) is 2.29. The number of hydrogen-bond donors (Lipinski definition) is 1. The zero-order valence-corrected chi connectivity index (χ0v) is 9.92. The highest BCUT2D eigenvalue weighted by atomic mass is 19.4. The molecule has 3 heterocycles. The molecule has 0 aromatic carbocycles. The van der Waals surface area contributed by atoms with Crippen molar-refractivity contribution in [2.45, 2.75) is 12.7 Å². The van der Waals surface area contributed by atoms with Gasteiger partial charge in [-0.2, -0.15) is 18.3 Å². The molecule has 3 aromatic rings. The molecule has 0 aliphatic heterocycles. The highest BCUT2D eigenvalue weighted by Gasteiger charge is 2.34. The van der Waals surface area contributed by atoms with Crippen LogP contribution in [0.5, 0.6) is 0 Å². The SMILES string of the molecule is FC(F)(F)c1cc(CNc2nccn3nccc23)on1. The fourth-order valence-corrected chi connectivity index (χ4v) is 1.69. The van der Waals surface area contributed by atoms with E-state index in [2.05, 4.69) is 25.1 Å². The van der Waals surface area contributed by atoms with Crippen molar-refractivity contribution in [2.75, 3.05) is 5.32 Å². The van der Waals surface area contributed by atoms with E-state index in [4.69, 9.17) is 0 Å². The van der Waals surface area contributed by atoms with Crippen LogP contribution in [-0.2, 0) is 12.7 Å². The van der Waals surface area contributed by atoms with Crippen LogP contribution in [-0.4, -0.2) is 19.8 Å². The molecule has 0 amide bonds. The van der Waals surface area contributed by atoms with E-state index in [9.17, 15) is 13.2 Å². The van der Waals surface area contributed by atoms with E-state index in [1.54, 1.807) is 23.0 Å². The molecule has 0 saturated heterocycles. The number of hydrogen-bond acceptors (Lipinski definition) is 5. The Labute approximate surface area is 110 Å². The van der Waals surface area contributed by atoms with Gasteiger partial charge >= 0.3 is 6.18 Å². The molecule has 0 unspecified atom stereocenters. The largest absolute Gasteiger partial charge is 0.436 e. The van der Waals surface area contributed by atoms with Crippen LogP contribution < -0.4 is 5.32 Å². The van der Waals surface area contributed by atoms with Gasteiger partial charge in [-0.25, -0.2) is 9.50 Å². The second-order valence-electron chi connectivity index (χ2n) is 3.97. The zero-order valence-electron chi connectivity index (χ0n) is 9.92. The van der Waals surface area contributed by atoms with Crippen LogP contribution >= 0.6 is 0 Å². The lowest BCUT2D eigenvalue weighted by atomic mass is 10.3. The summed E-state index contributed by atoms with van der Waals surface area (Å²) in [5.41, 5.74) is -0.340. The topological polar surface area (TPSA) is 68.2 Å². The minimum atomic E-state index is -4.51. The quantitative estimate of drug-likeness (QED) is 0.799. The Kier molecular flexibility index (Phi) is 2.81. The van der Waals surface area contributed by atoms with Crippen LogP contribution in [0.1, 0.15) is 11.5 Å². The number of nitrogens with zero attached hydrogens (tertiary/aromatic N) is 4. The third-order valence-electron chi connectivity index (χ3n) is 2.60. The average molecular weight is 283 g/mol. The van der Waals surface area contributed by atoms with Crippen LogP contribution in [0.3, 0.4) is 0 Å². The highest BCUT2D eigenvalue weighted by molar-refractivity contribution is 5.66. The number of alkyl halides is 3. The number of nitrogens with one attached hydrogen (secondary N) is 1. The minimum Gasteiger partial charge on any atom is -0.361 e. The molecule has 1 N–H and O–H groups in total. The van der Waals surface area contributed by atoms with Crippen molar-refractivity contribution in [1.82, 2.24) is 19.8 Å². The van der Waals surface area contributed by atoms with Gasteiger partial charge < -0.3 is 9.84 Å². The molecular formula is C11H8F3N5O. The minimum absolute atomic E-state index is 0.0426. The summed E-state index contributed by atoms with van der Waals surface area (Å²) in [6.07, 6.45) is 0.282.